The first-order valence-corrected chi connectivity index (χ1v) is 8.67. The van der Waals surface area contributed by atoms with E-state index in [9.17, 15) is 13.2 Å². The minimum atomic E-state index is -3.77. The summed E-state index contributed by atoms with van der Waals surface area (Å²) in [7, 11) is -3.77. The van der Waals surface area contributed by atoms with E-state index in [0.29, 0.717) is 5.02 Å². The molecule has 0 aliphatic heterocycles. The molecule has 7 heteroatoms. The van der Waals surface area contributed by atoms with Gasteiger partial charge in [-0.25, -0.2) is 8.42 Å². The second-order valence-electron chi connectivity index (χ2n) is 4.61. The van der Waals surface area contributed by atoms with Crippen LogP contribution in [0.5, 0.6) is 0 Å². The largest absolute Gasteiger partial charge is 0.324 e. The number of rotatable bonds is 4. The molecule has 1 N–H and O–H groups in total. The second-order valence-corrected chi connectivity index (χ2v) is 7.73. The molecule has 0 radical (unpaired) electrons. The summed E-state index contributed by atoms with van der Waals surface area (Å²) in [4.78, 5) is 12.3. The number of halogens is 2. The van der Waals surface area contributed by atoms with Crippen LogP contribution in [-0.4, -0.2) is 19.6 Å². The molecule has 2 rings (SSSR count). The molecule has 0 fully saturated rings. The summed E-state index contributed by atoms with van der Waals surface area (Å²) in [6.45, 7) is 1.33. The third kappa shape index (κ3) is 3.61. The van der Waals surface area contributed by atoms with Gasteiger partial charge in [-0.05, 0) is 37.3 Å². The summed E-state index contributed by atoms with van der Waals surface area (Å²) >= 11 is 11.8. The number of sulfone groups is 1. The Balaban J connectivity index is 2.24. The molecule has 0 saturated carbocycles. The molecule has 0 saturated heterocycles. The van der Waals surface area contributed by atoms with Gasteiger partial charge < -0.3 is 5.32 Å². The first kappa shape index (κ1) is 16.8. The lowest BCUT2D eigenvalue weighted by atomic mass is 10.3. The summed E-state index contributed by atoms with van der Waals surface area (Å²) in [5, 5.41) is 1.90. The lowest BCUT2D eigenvalue weighted by Gasteiger charge is -2.14. The third-order valence-electron chi connectivity index (χ3n) is 3.09. The van der Waals surface area contributed by atoms with Gasteiger partial charge in [0, 0.05) is 5.02 Å². The SMILES string of the molecule is CC(C(=O)Nc1cc(Cl)ccc1Cl)S(=O)(=O)c1ccccc1. The number of hydrogen-bond acceptors (Lipinski definition) is 3. The average Bonchev–Trinajstić information content (AvgIpc) is 2.51. The highest BCUT2D eigenvalue weighted by Crippen LogP contribution is 2.26. The first-order valence-electron chi connectivity index (χ1n) is 6.37. The zero-order chi connectivity index (χ0) is 16.3. The number of carbonyl (C=O) groups is 1. The fraction of sp³-hybridized carbons (Fsp3) is 0.133. The maximum Gasteiger partial charge on any atom is 0.242 e. The summed E-state index contributed by atoms with van der Waals surface area (Å²) in [5.41, 5.74) is 0.272. The summed E-state index contributed by atoms with van der Waals surface area (Å²) < 4.78 is 24.8. The van der Waals surface area contributed by atoms with Gasteiger partial charge in [0.2, 0.25) is 5.91 Å². The van der Waals surface area contributed by atoms with E-state index in [1.165, 1.54) is 31.2 Å². The van der Waals surface area contributed by atoms with Crippen LogP contribution in [0.25, 0.3) is 0 Å². The molecular formula is C15H13Cl2NO3S. The zero-order valence-electron chi connectivity index (χ0n) is 11.6. The molecule has 0 heterocycles. The van der Waals surface area contributed by atoms with Crippen molar-refractivity contribution < 1.29 is 13.2 Å². The molecule has 22 heavy (non-hydrogen) atoms. The molecule has 0 aliphatic rings. The van der Waals surface area contributed by atoms with Crippen molar-refractivity contribution in [2.45, 2.75) is 17.1 Å². The topological polar surface area (TPSA) is 63.2 Å². The Labute approximate surface area is 139 Å². The lowest BCUT2D eigenvalue weighted by Crippen LogP contribution is -2.32. The summed E-state index contributed by atoms with van der Waals surface area (Å²) in [5.74, 6) is -0.673. The van der Waals surface area contributed by atoms with E-state index in [1.807, 2.05) is 0 Å². The lowest BCUT2D eigenvalue weighted by molar-refractivity contribution is -0.115. The normalized spacial score (nSPS) is 12.7. The fourth-order valence-corrected chi connectivity index (χ4v) is 3.41. The predicted molar refractivity (Wildman–Crippen MR) is 88.2 cm³/mol. The van der Waals surface area contributed by atoms with Crippen molar-refractivity contribution in [3.05, 3.63) is 58.6 Å². The van der Waals surface area contributed by atoms with Crippen molar-refractivity contribution in [3.8, 4) is 0 Å². The summed E-state index contributed by atoms with van der Waals surface area (Å²) in [6.07, 6.45) is 0. The maximum atomic E-state index is 12.4. The first-order chi connectivity index (χ1) is 10.3. The van der Waals surface area contributed by atoms with Crippen LogP contribution in [0.2, 0.25) is 10.0 Å². The molecule has 1 unspecified atom stereocenters. The van der Waals surface area contributed by atoms with E-state index < -0.39 is 21.0 Å². The zero-order valence-corrected chi connectivity index (χ0v) is 13.9. The fourth-order valence-electron chi connectivity index (χ4n) is 1.78. The molecule has 0 bridgehead atoms. The van der Waals surface area contributed by atoms with Gasteiger partial charge in [0.25, 0.3) is 0 Å². The van der Waals surface area contributed by atoms with E-state index in [1.54, 1.807) is 24.3 Å². The van der Waals surface area contributed by atoms with E-state index in [0.717, 1.165) is 0 Å². The Morgan fingerprint density at radius 3 is 2.36 bits per heavy atom. The number of benzene rings is 2. The highest BCUT2D eigenvalue weighted by molar-refractivity contribution is 7.92. The van der Waals surface area contributed by atoms with Crippen LogP contribution in [0.15, 0.2) is 53.4 Å². The average molecular weight is 358 g/mol. The van der Waals surface area contributed by atoms with Crippen LogP contribution in [0.4, 0.5) is 5.69 Å². The van der Waals surface area contributed by atoms with E-state index in [2.05, 4.69) is 5.32 Å². The van der Waals surface area contributed by atoms with Gasteiger partial charge in [-0.15, -0.1) is 0 Å². The van der Waals surface area contributed by atoms with Crippen LogP contribution in [-0.2, 0) is 14.6 Å². The second kappa shape index (κ2) is 6.69. The Morgan fingerprint density at radius 1 is 1.09 bits per heavy atom. The van der Waals surface area contributed by atoms with E-state index >= 15 is 0 Å². The number of nitrogens with one attached hydrogen (secondary N) is 1. The molecule has 0 spiro atoms. The van der Waals surface area contributed by atoms with Crippen LogP contribution >= 0.6 is 23.2 Å². The van der Waals surface area contributed by atoms with Gasteiger partial charge in [-0.1, -0.05) is 41.4 Å². The molecule has 1 amide bonds. The highest BCUT2D eigenvalue weighted by atomic mass is 35.5. The molecule has 1 atom stereocenters. The van der Waals surface area contributed by atoms with Crippen LogP contribution < -0.4 is 5.32 Å². The van der Waals surface area contributed by atoms with Crippen molar-refractivity contribution in [3.63, 3.8) is 0 Å². The Hall–Kier alpha value is -1.56. The molecule has 116 valence electrons. The van der Waals surface area contributed by atoms with Crippen LogP contribution in [0.1, 0.15) is 6.92 Å². The Kier molecular flexibility index (Phi) is 5.11. The molecule has 2 aromatic rings. The summed E-state index contributed by atoms with van der Waals surface area (Å²) in [6, 6.07) is 12.4. The Morgan fingerprint density at radius 2 is 1.73 bits per heavy atom. The van der Waals surface area contributed by atoms with E-state index in [4.69, 9.17) is 23.2 Å². The van der Waals surface area contributed by atoms with Crippen molar-refractivity contribution in [2.24, 2.45) is 0 Å². The Bertz CT molecular complexity index is 792. The highest BCUT2D eigenvalue weighted by Gasteiger charge is 2.29. The number of carbonyl (C=O) groups excluding carboxylic acids is 1. The van der Waals surface area contributed by atoms with Gasteiger partial charge >= 0.3 is 0 Å². The molecule has 0 aliphatic carbocycles. The van der Waals surface area contributed by atoms with Gasteiger partial charge in [-0.3, -0.25) is 4.79 Å². The molecule has 0 aromatic heterocycles. The molecular weight excluding hydrogens is 345 g/mol. The van der Waals surface area contributed by atoms with Gasteiger partial charge in [-0.2, -0.15) is 0 Å². The van der Waals surface area contributed by atoms with Crippen molar-refractivity contribution in [1.82, 2.24) is 0 Å². The third-order valence-corrected chi connectivity index (χ3v) is 5.73. The van der Waals surface area contributed by atoms with E-state index in [-0.39, 0.29) is 15.6 Å². The smallest absolute Gasteiger partial charge is 0.242 e. The number of amides is 1. The molecule has 2 aromatic carbocycles. The quantitative estimate of drug-likeness (QED) is 0.904. The predicted octanol–water partition coefficient (Wildman–Crippen LogP) is 3.79. The van der Waals surface area contributed by atoms with Gasteiger partial charge in [0.05, 0.1) is 15.6 Å². The number of hydrogen-bond donors (Lipinski definition) is 1. The molecule has 4 nitrogen and oxygen atoms in total. The monoisotopic (exact) mass is 357 g/mol. The van der Waals surface area contributed by atoms with Crippen molar-refractivity contribution in [2.75, 3.05) is 5.32 Å². The standard InChI is InChI=1S/C15H13Cl2NO3S/c1-10(22(20,21)12-5-3-2-4-6-12)15(19)18-14-9-11(16)7-8-13(14)17/h2-10H,1H3,(H,18,19). The van der Waals surface area contributed by atoms with Crippen molar-refractivity contribution >= 4 is 44.6 Å². The van der Waals surface area contributed by atoms with Gasteiger partial charge in [0.1, 0.15) is 5.25 Å². The maximum absolute atomic E-state index is 12.4. The van der Waals surface area contributed by atoms with Crippen LogP contribution in [0, 0.1) is 0 Å². The van der Waals surface area contributed by atoms with Crippen LogP contribution in [0.3, 0.4) is 0 Å². The minimum absolute atomic E-state index is 0.0924. The number of anilines is 1. The van der Waals surface area contributed by atoms with Gasteiger partial charge in [0.15, 0.2) is 9.84 Å². The minimum Gasteiger partial charge on any atom is -0.324 e. The van der Waals surface area contributed by atoms with Crippen molar-refractivity contribution in [1.29, 1.82) is 0 Å².